The van der Waals surface area contributed by atoms with Gasteiger partial charge < -0.3 is 15.6 Å². The topological polar surface area (TPSA) is 72.5 Å². The van der Waals surface area contributed by atoms with Crippen molar-refractivity contribution in [2.24, 2.45) is 17.6 Å². The van der Waals surface area contributed by atoms with Crippen LogP contribution in [0.2, 0.25) is 0 Å². The van der Waals surface area contributed by atoms with Crippen molar-refractivity contribution < 1.29 is 14.6 Å². The third kappa shape index (κ3) is 8.01. The first kappa shape index (κ1) is 13.4. The lowest BCUT2D eigenvalue weighted by molar-refractivity contribution is -0.138. The molecule has 0 fully saturated rings. The monoisotopic (exact) mass is 203 g/mol. The van der Waals surface area contributed by atoms with Crippen molar-refractivity contribution in [2.75, 3.05) is 19.8 Å². The molecule has 0 aromatic rings. The van der Waals surface area contributed by atoms with Crippen molar-refractivity contribution in [3.05, 3.63) is 0 Å². The summed E-state index contributed by atoms with van der Waals surface area (Å²) in [5, 5.41) is 8.62. The number of ether oxygens (including phenoxy) is 1. The van der Waals surface area contributed by atoms with Gasteiger partial charge in [-0.2, -0.15) is 0 Å². The van der Waals surface area contributed by atoms with Crippen molar-refractivity contribution in [3.63, 3.8) is 0 Å². The molecule has 4 heteroatoms. The number of hydrogen-bond acceptors (Lipinski definition) is 3. The molecular formula is C10H21NO3. The largest absolute Gasteiger partial charge is 0.481 e. The maximum Gasteiger partial charge on any atom is 0.303 e. The van der Waals surface area contributed by atoms with Gasteiger partial charge in [0.05, 0.1) is 13.0 Å². The summed E-state index contributed by atoms with van der Waals surface area (Å²) in [6, 6.07) is 0. The minimum atomic E-state index is -0.781. The Labute approximate surface area is 85.4 Å². The van der Waals surface area contributed by atoms with Crippen molar-refractivity contribution >= 4 is 5.97 Å². The first-order valence-corrected chi connectivity index (χ1v) is 5.05. The number of hydrogen-bond donors (Lipinski definition) is 2. The first-order chi connectivity index (χ1) is 6.56. The van der Waals surface area contributed by atoms with Gasteiger partial charge in [-0.1, -0.05) is 13.8 Å². The highest BCUT2D eigenvalue weighted by molar-refractivity contribution is 5.67. The smallest absolute Gasteiger partial charge is 0.303 e. The first-order valence-electron chi connectivity index (χ1n) is 5.05. The molecule has 0 amide bonds. The molecule has 84 valence electrons. The highest BCUT2D eigenvalue weighted by atomic mass is 16.5. The zero-order valence-electron chi connectivity index (χ0n) is 9.03. The maximum absolute atomic E-state index is 10.5. The predicted octanol–water partition coefficient (Wildman–Crippen LogP) is 1.10. The Bertz CT molecular complexity index is 159. The SMILES string of the molecule is CC(C)COC[C@@H](CCN)CC(=O)O. The van der Waals surface area contributed by atoms with Crippen LogP contribution in [0.25, 0.3) is 0 Å². The van der Waals surface area contributed by atoms with Gasteiger partial charge in [0.1, 0.15) is 0 Å². The van der Waals surface area contributed by atoms with Gasteiger partial charge in [-0.3, -0.25) is 4.79 Å². The lowest BCUT2D eigenvalue weighted by atomic mass is 10.0. The number of rotatable bonds is 8. The molecule has 14 heavy (non-hydrogen) atoms. The average molecular weight is 203 g/mol. The van der Waals surface area contributed by atoms with Gasteiger partial charge in [-0.05, 0) is 24.8 Å². The molecule has 0 heterocycles. The van der Waals surface area contributed by atoms with Crippen molar-refractivity contribution in [2.45, 2.75) is 26.7 Å². The van der Waals surface area contributed by atoms with E-state index in [1.54, 1.807) is 0 Å². The molecule has 4 nitrogen and oxygen atoms in total. The van der Waals surface area contributed by atoms with Gasteiger partial charge in [0.15, 0.2) is 0 Å². The Morgan fingerprint density at radius 1 is 1.43 bits per heavy atom. The van der Waals surface area contributed by atoms with E-state index < -0.39 is 5.97 Å². The van der Waals surface area contributed by atoms with Gasteiger partial charge in [0, 0.05) is 6.61 Å². The molecule has 0 aliphatic rings. The second-order valence-electron chi connectivity index (χ2n) is 3.97. The Balaban J connectivity index is 3.67. The fourth-order valence-corrected chi connectivity index (χ4v) is 1.20. The molecule has 1 atom stereocenters. The van der Waals surface area contributed by atoms with Crippen molar-refractivity contribution in [1.82, 2.24) is 0 Å². The van der Waals surface area contributed by atoms with E-state index in [4.69, 9.17) is 15.6 Å². The van der Waals surface area contributed by atoms with Crippen molar-refractivity contribution in [3.8, 4) is 0 Å². The highest BCUT2D eigenvalue weighted by Crippen LogP contribution is 2.09. The molecule has 3 N–H and O–H groups in total. The summed E-state index contributed by atoms with van der Waals surface area (Å²) in [5.41, 5.74) is 5.39. The molecule has 0 rings (SSSR count). The molecule has 0 aliphatic heterocycles. The van der Waals surface area contributed by atoms with E-state index >= 15 is 0 Å². The molecular weight excluding hydrogens is 182 g/mol. The van der Waals surface area contributed by atoms with Crippen molar-refractivity contribution in [1.29, 1.82) is 0 Å². The van der Waals surface area contributed by atoms with E-state index in [0.717, 1.165) is 0 Å². The second kappa shape index (κ2) is 7.76. The average Bonchev–Trinajstić information content (AvgIpc) is 2.02. The van der Waals surface area contributed by atoms with E-state index in [0.29, 0.717) is 32.1 Å². The quantitative estimate of drug-likeness (QED) is 0.619. The molecule has 0 bridgehead atoms. The van der Waals surface area contributed by atoms with E-state index in [9.17, 15) is 4.79 Å². The number of nitrogens with two attached hydrogens (primary N) is 1. The third-order valence-corrected chi connectivity index (χ3v) is 1.84. The summed E-state index contributed by atoms with van der Waals surface area (Å²) in [5.74, 6) is -0.244. The van der Waals surface area contributed by atoms with Crippen LogP contribution in [0.15, 0.2) is 0 Å². The number of aliphatic carboxylic acids is 1. The van der Waals surface area contributed by atoms with Crippen LogP contribution >= 0.6 is 0 Å². The van der Waals surface area contributed by atoms with Crippen LogP contribution < -0.4 is 5.73 Å². The molecule has 0 aliphatic carbocycles. The van der Waals surface area contributed by atoms with Crippen LogP contribution in [-0.4, -0.2) is 30.8 Å². The molecule has 0 saturated heterocycles. The van der Waals surface area contributed by atoms with E-state index in [1.165, 1.54) is 0 Å². The van der Waals surface area contributed by atoms with Gasteiger partial charge in [0.25, 0.3) is 0 Å². The molecule has 0 saturated carbocycles. The standard InChI is InChI=1S/C10H21NO3/c1-8(2)6-14-7-9(3-4-11)5-10(12)13/h8-9H,3-7,11H2,1-2H3,(H,12,13)/t9-/m0/s1. The van der Waals surface area contributed by atoms with Gasteiger partial charge in [0.2, 0.25) is 0 Å². The summed E-state index contributed by atoms with van der Waals surface area (Å²) in [6.07, 6.45) is 0.861. The van der Waals surface area contributed by atoms with Crippen LogP contribution in [0, 0.1) is 11.8 Å². The fraction of sp³-hybridized carbons (Fsp3) is 0.900. The third-order valence-electron chi connectivity index (χ3n) is 1.84. The molecule has 0 spiro atoms. The Morgan fingerprint density at radius 2 is 2.07 bits per heavy atom. The molecule has 0 aromatic carbocycles. The Hall–Kier alpha value is -0.610. The minimum Gasteiger partial charge on any atom is -0.481 e. The summed E-state index contributed by atoms with van der Waals surface area (Å²) in [6.45, 7) is 5.83. The zero-order chi connectivity index (χ0) is 11.0. The maximum atomic E-state index is 10.5. The van der Waals surface area contributed by atoms with Crippen LogP contribution in [0.5, 0.6) is 0 Å². The van der Waals surface area contributed by atoms with Crippen LogP contribution in [0.4, 0.5) is 0 Å². The van der Waals surface area contributed by atoms with Gasteiger partial charge in [-0.15, -0.1) is 0 Å². The highest BCUT2D eigenvalue weighted by Gasteiger charge is 2.12. The van der Waals surface area contributed by atoms with Crippen LogP contribution in [0.3, 0.4) is 0 Å². The number of carboxylic acid groups (broad SMARTS) is 1. The second-order valence-corrected chi connectivity index (χ2v) is 3.97. The molecule has 0 unspecified atom stereocenters. The Kier molecular flexibility index (Phi) is 7.42. The summed E-state index contributed by atoms with van der Waals surface area (Å²) in [7, 11) is 0. The number of carboxylic acids is 1. The van der Waals surface area contributed by atoms with Crippen LogP contribution in [0.1, 0.15) is 26.7 Å². The number of carbonyl (C=O) groups is 1. The normalized spacial score (nSPS) is 13.1. The minimum absolute atomic E-state index is 0.0521. The zero-order valence-corrected chi connectivity index (χ0v) is 9.03. The van der Waals surface area contributed by atoms with E-state index in [-0.39, 0.29) is 12.3 Å². The van der Waals surface area contributed by atoms with E-state index in [2.05, 4.69) is 13.8 Å². The van der Waals surface area contributed by atoms with Gasteiger partial charge in [-0.25, -0.2) is 0 Å². The molecule has 0 radical (unpaired) electrons. The Morgan fingerprint density at radius 3 is 2.50 bits per heavy atom. The fourth-order valence-electron chi connectivity index (χ4n) is 1.20. The summed E-state index contributed by atoms with van der Waals surface area (Å²) < 4.78 is 5.39. The predicted molar refractivity (Wildman–Crippen MR) is 55.1 cm³/mol. The van der Waals surface area contributed by atoms with Crippen LogP contribution in [-0.2, 0) is 9.53 Å². The lowest BCUT2D eigenvalue weighted by Crippen LogP contribution is -2.19. The summed E-state index contributed by atoms with van der Waals surface area (Å²) in [4.78, 5) is 10.5. The summed E-state index contributed by atoms with van der Waals surface area (Å²) >= 11 is 0. The van der Waals surface area contributed by atoms with Gasteiger partial charge >= 0.3 is 5.97 Å². The van der Waals surface area contributed by atoms with E-state index in [1.807, 2.05) is 0 Å². The lowest BCUT2D eigenvalue weighted by Gasteiger charge is -2.14. The molecule has 0 aromatic heterocycles.